The molecule has 0 saturated heterocycles. The number of rotatable bonds is 0. The van der Waals surface area contributed by atoms with Crippen molar-refractivity contribution in [1.29, 1.82) is 0 Å². The maximum absolute atomic E-state index is 12.4. The summed E-state index contributed by atoms with van der Waals surface area (Å²) in [5, 5.41) is 0. The second-order valence-corrected chi connectivity index (χ2v) is 5.91. The molecule has 3 nitrogen and oxygen atoms in total. The van der Waals surface area contributed by atoms with Crippen LogP contribution in [0.25, 0.3) is 0 Å². The highest BCUT2D eigenvalue weighted by molar-refractivity contribution is 9.11. The molecule has 0 bridgehead atoms. The van der Waals surface area contributed by atoms with Crippen LogP contribution in [0.3, 0.4) is 0 Å². The van der Waals surface area contributed by atoms with Crippen LogP contribution in [0.15, 0.2) is 46.2 Å². The molecule has 1 aromatic rings. The van der Waals surface area contributed by atoms with E-state index in [4.69, 9.17) is 4.74 Å². The monoisotopic (exact) mass is 334 g/mol. The number of allylic oxidation sites excluding steroid dienone is 3. The van der Waals surface area contributed by atoms with Crippen LogP contribution in [-0.2, 0) is 4.74 Å². The van der Waals surface area contributed by atoms with Gasteiger partial charge in [-0.05, 0) is 19.9 Å². The Bertz CT molecular complexity index is 681. The van der Waals surface area contributed by atoms with Gasteiger partial charge in [-0.3, -0.25) is 9.59 Å². The Hall–Kier alpha value is -1.68. The maximum atomic E-state index is 12.4. The van der Waals surface area contributed by atoms with Crippen molar-refractivity contribution in [2.75, 3.05) is 0 Å². The van der Waals surface area contributed by atoms with Gasteiger partial charge < -0.3 is 4.74 Å². The molecule has 3 rings (SSSR count). The Morgan fingerprint density at radius 3 is 2.20 bits per heavy atom. The van der Waals surface area contributed by atoms with Crippen molar-refractivity contribution >= 4 is 27.5 Å². The van der Waals surface area contributed by atoms with Gasteiger partial charge in [-0.1, -0.05) is 47.6 Å². The number of halogens is 1. The van der Waals surface area contributed by atoms with Crippen LogP contribution in [0.2, 0.25) is 0 Å². The maximum Gasteiger partial charge on any atom is 0.229 e. The molecule has 0 unspecified atom stereocenters. The number of ether oxygens (including phenoxy) is 1. The summed E-state index contributed by atoms with van der Waals surface area (Å²) in [6, 6.07) is 6.82. The molecule has 104 valence electrons. The fourth-order valence-electron chi connectivity index (χ4n) is 2.21. The van der Waals surface area contributed by atoms with E-state index in [1.165, 1.54) is 0 Å². The summed E-state index contributed by atoms with van der Waals surface area (Å²) in [4.78, 5) is 24.8. The highest BCUT2D eigenvalue weighted by Crippen LogP contribution is 2.39. The summed E-state index contributed by atoms with van der Waals surface area (Å²) in [7, 11) is 0. The van der Waals surface area contributed by atoms with Crippen LogP contribution in [0.1, 0.15) is 42.0 Å². The average Bonchev–Trinajstić information content (AvgIpc) is 2.38. The number of hydrogen-bond donors (Lipinski definition) is 0. The zero-order valence-electron chi connectivity index (χ0n) is 10.5. The first-order valence-electron chi connectivity index (χ1n) is 5.91. The fraction of sp³-hybridized carbons (Fsp3) is 0.250. The fourth-order valence-corrected chi connectivity index (χ4v) is 2.52. The van der Waals surface area contributed by atoms with Crippen LogP contribution < -0.4 is 0 Å². The summed E-state index contributed by atoms with van der Waals surface area (Å²) in [6.45, 7) is 3.69. The molecule has 0 N–H and O–H groups in total. The van der Waals surface area contributed by atoms with Crippen molar-refractivity contribution in [2.45, 2.75) is 26.9 Å². The molecule has 0 radical (unpaired) electrons. The number of carbonyl (C=O) groups excluding carboxylic acids is 2. The molecule has 0 aromatic heterocycles. The highest BCUT2D eigenvalue weighted by Gasteiger charge is 2.40. The lowest BCUT2D eigenvalue weighted by Crippen LogP contribution is -2.34. The van der Waals surface area contributed by atoms with E-state index in [1.54, 1.807) is 30.3 Å². The van der Waals surface area contributed by atoms with Crippen molar-refractivity contribution < 1.29 is 14.3 Å². The Kier molecular flexibility index (Phi) is 3.46. The highest BCUT2D eigenvalue weighted by atomic mass is 79.9. The topological polar surface area (TPSA) is 43.4 Å². The third kappa shape index (κ3) is 1.95. The van der Waals surface area contributed by atoms with Gasteiger partial charge in [-0.25, -0.2) is 0 Å². The van der Waals surface area contributed by atoms with Crippen molar-refractivity contribution in [1.82, 2.24) is 0 Å². The molecule has 1 aliphatic carbocycles. The first-order chi connectivity index (χ1) is 8.92. The zero-order chi connectivity index (χ0) is 13.8. The smallest absolute Gasteiger partial charge is 0.229 e. The van der Waals surface area contributed by atoms with Gasteiger partial charge in [0.15, 0.2) is 11.5 Å². The summed E-state index contributed by atoms with van der Waals surface area (Å²) in [5.74, 6) is -0.246. The summed E-state index contributed by atoms with van der Waals surface area (Å²) in [6.07, 6.45) is 1.69. The first kappa shape index (κ1) is 14.7. The van der Waals surface area contributed by atoms with Gasteiger partial charge >= 0.3 is 0 Å². The Labute approximate surface area is 126 Å². The summed E-state index contributed by atoms with van der Waals surface area (Å²) in [5.41, 5.74) is 0.538. The number of ketones is 2. The predicted molar refractivity (Wildman–Crippen MR) is 81.0 cm³/mol. The third-order valence-electron chi connectivity index (χ3n) is 3.32. The Morgan fingerprint density at radius 1 is 1.05 bits per heavy atom. The van der Waals surface area contributed by atoms with Gasteiger partial charge in [0.1, 0.15) is 5.60 Å². The molecule has 0 spiro atoms. The number of fused-ring (bicyclic) bond motifs is 1. The van der Waals surface area contributed by atoms with Crippen molar-refractivity contribution in [2.24, 2.45) is 0 Å². The lowest BCUT2D eigenvalue weighted by atomic mass is 9.86. The quantitative estimate of drug-likeness (QED) is 0.719. The van der Waals surface area contributed by atoms with Crippen LogP contribution >= 0.6 is 15.9 Å². The van der Waals surface area contributed by atoms with E-state index in [0.29, 0.717) is 16.7 Å². The number of Topliss-reactive ketones (excluding diaryl/α,β-unsaturated/α-hetero) is 2. The van der Waals surface area contributed by atoms with Crippen LogP contribution in [-0.4, -0.2) is 17.2 Å². The van der Waals surface area contributed by atoms with Crippen molar-refractivity contribution in [3.63, 3.8) is 0 Å². The van der Waals surface area contributed by atoms with Gasteiger partial charge in [0, 0.05) is 15.6 Å². The molecule has 0 fully saturated rings. The Balaban J connectivity index is 0.00000147. The molecule has 2 aliphatic rings. The van der Waals surface area contributed by atoms with E-state index in [9.17, 15) is 9.59 Å². The second kappa shape index (κ2) is 4.70. The van der Waals surface area contributed by atoms with E-state index in [2.05, 4.69) is 15.9 Å². The van der Waals surface area contributed by atoms with Gasteiger partial charge in [0.2, 0.25) is 5.78 Å². The molecular formula is C16H15BrO3. The van der Waals surface area contributed by atoms with Gasteiger partial charge in [-0.15, -0.1) is 0 Å². The summed E-state index contributed by atoms with van der Waals surface area (Å²) < 4.78 is 6.47. The molecular weight excluding hydrogens is 320 g/mol. The molecule has 1 aliphatic heterocycles. The minimum atomic E-state index is -0.638. The second-order valence-electron chi connectivity index (χ2n) is 5.05. The molecule has 1 aromatic carbocycles. The lowest BCUT2D eigenvalue weighted by molar-refractivity contribution is 0.0528. The van der Waals surface area contributed by atoms with Crippen LogP contribution in [0, 0.1) is 0 Å². The molecule has 20 heavy (non-hydrogen) atoms. The zero-order valence-corrected chi connectivity index (χ0v) is 12.1. The number of benzene rings is 1. The van der Waals surface area contributed by atoms with E-state index < -0.39 is 5.60 Å². The van der Waals surface area contributed by atoms with E-state index >= 15 is 0 Å². The molecule has 4 heteroatoms. The minimum absolute atomic E-state index is 0. The largest absolute Gasteiger partial charge is 0.478 e. The lowest BCUT2D eigenvalue weighted by Gasteiger charge is -2.33. The third-order valence-corrected chi connectivity index (χ3v) is 4.50. The minimum Gasteiger partial charge on any atom is -0.478 e. The molecule has 1 heterocycles. The molecule has 0 atom stereocenters. The predicted octanol–water partition coefficient (Wildman–Crippen LogP) is 4.04. The standard InChI is InChI=1S/C15H11BrO3.CH4/c1-15(2)11(16)7-10-12(17)8-5-3-4-6-9(8)13(18)14(10)19-15;/h3-7H,1-2H3;1H4. The number of hydrogen-bond acceptors (Lipinski definition) is 3. The van der Waals surface area contributed by atoms with Crippen molar-refractivity contribution in [3.05, 3.63) is 57.3 Å². The normalized spacial score (nSPS) is 19.4. The molecule has 0 amide bonds. The van der Waals surface area contributed by atoms with E-state index in [1.807, 2.05) is 13.8 Å². The Morgan fingerprint density at radius 2 is 1.60 bits per heavy atom. The van der Waals surface area contributed by atoms with Gasteiger partial charge in [-0.2, -0.15) is 0 Å². The average molecular weight is 335 g/mol. The number of carbonyl (C=O) groups is 2. The van der Waals surface area contributed by atoms with Crippen LogP contribution in [0.5, 0.6) is 0 Å². The van der Waals surface area contributed by atoms with E-state index in [-0.39, 0.29) is 24.8 Å². The SMILES string of the molecule is C.CC1(C)OC2=C(C=C1Br)C(=O)c1ccccc1C2=O. The first-order valence-corrected chi connectivity index (χ1v) is 6.70. The van der Waals surface area contributed by atoms with E-state index in [0.717, 1.165) is 4.48 Å². The van der Waals surface area contributed by atoms with Crippen molar-refractivity contribution in [3.8, 4) is 0 Å². The van der Waals surface area contributed by atoms with Gasteiger partial charge in [0.25, 0.3) is 0 Å². The van der Waals surface area contributed by atoms with Gasteiger partial charge in [0.05, 0.1) is 5.57 Å². The van der Waals surface area contributed by atoms with Crippen LogP contribution in [0.4, 0.5) is 0 Å². The molecule has 0 saturated carbocycles. The summed E-state index contributed by atoms with van der Waals surface area (Å²) >= 11 is 3.40.